The smallest absolute Gasteiger partial charge is 0.141 e. The van der Waals surface area contributed by atoms with Crippen LogP contribution in [0.3, 0.4) is 0 Å². The standard InChI is InChI=1S/C16H26N2O/c1-3-13-6-7-16(19-2)15(11-13)18-10-8-14-5-4-9-17-12-14/h6-7,11,14,17-18H,3-5,8-10,12H2,1-2H3. The molecule has 3 heteroatoms. The lowest BCUT2D eigenvalue weighted by Gasteiger charge is -2.23. The van der Waals surface area contributed by atoms with E-state index in [4.69, 9.17) is 4.74 Å². The summed E-state index contributed by atoms with van der Waals surface area (Å²) in [6.07, 6.45) is 4.97. The summed E-state index contributed by atoms with van der Waals surface area (Å²) in [5.74, 6) is 1.76. The highest BCUT2D eigenvalue weighted by molar-refractivity contribution is 5.58. The molecule has 0 spiro atoms. The van der Waals surface area contributed by atoms with Gasteiger partial charge in [-0.05, 0) is 62.4 Å². The number of hydrogen-bond donors (Lipinski definition) is 2. The van der Waals surface area contributed by atoms with Crippen molar-refractivity contribution in [2.75, 3.05) is 32.1 Å². The zero-order valence-electron chi connectivity index (χ0n) is 12.2. The van der Waals surface area contributed by atoms with Crippen LogP contribution in [0.2, 0.25) is 0 Å². The van der Waals surface area contributed by atoms with Gasteiger partial charge in [-0.2, -0.15) is 0 Å². The molecule has 0 aliphatic carbocycles. The van der Waals surface area contributed by atoms with E-state index in [2.05, 4.69) is 35.8 Å². The van der Waals surface area contributed by atoms with E-state index in [-0.39, 0.29) is 0 Å². The molecule has 2 N–H and O–H groups in total. The van der Waals surface area contributed by atoms with Gasteiger partial charge >= 0.3 is 0 Å². The van der Waals surface area contributed by atoms with Crippen LogP contribution in [-0.4, -0.2) is 26.7 Å². The zero-order chi connectivity index (χ0) is 13.5. The minimum absolute atomic E-state index is 0.821. The van der Waals surface area contributed by atoms with Crippen LogP contribution in [0.15, 0.2) is 18.2 Å². The SMILES string of the molecule is CCc1ccc(OC)c(NCCC2CCCNC2)c1. The van der Waals surface area contributed by atoms with E-state index in [1.54, 1.807) is 7.11 Å². The summed E-state index contributed by atoms with van der Waals surface area (Å²) in [6, 6.07) is 6.40. The van der Waals surface area contributed by atoms with Gasteiger partial charge in [-0.1, -0.05) is 13.0 Å². The van der Waals surface area contributed by atoms with E-state index < -0.39 is 0 Å². The number of ether oxygens (including phenoxy) is 1. The molecule has 106 valence electrons. The Bertz CT molecular complexity index is 386. The molecule has 19 heavy (non-hydrogen) atoms. The van der Waals surface area contributed by atoms with E-state index in [1.165, 1.54) is 37.9 Å². The van der Waals surface area contributed by atoms with Crippen molar-refractivity contribution in [1.82, 2.24) is 5.32 Å². The normalized spacial score (nSPS) is 19.2. The van der Waals surface area contributed by atoms with E-state index in [9.17, 15) is 0 Å². The molecule has 0 bridgehead atoms. The van der Waals surface area contributed by atoms with Crippen molar-refractivity contribution in [3.8, 4) is 5.75 Å². The van der Waals surface area contributed by atoms with Crippen molar-refractivity contribution < 1.29 is 4.74 Å². The van der Waals surface area contributed by atoms with Crippen molar-refractivity contribution >= 4 is 5.69 Å². The number of aryl methyl sites for hydroxylation is 1. The van der Waals surface area contributed by atoms with Crippen molar-refractivity contribution in [3.63, 3.8) is 0 Å². The Balaban J connectivity index is 1.86. The van der Waals surface area contributed by atoms with Crippen LogP contribution in [0.25, 0.3) is 0 Å². The molecule has 0 aromatic heterocycles. The molecule has 1 unspecified atom stereocenters. The molecule has 0 amide bonds. The fourth-order valence-electron chi connectivity index (χ4n) is 2.69. The Morgan fingerprint density at radius 1 is 1.42 bits per heavy atom. The number of hydrogen-bond acceptors (Lipinski definition) is 3. The first-order valence-corrected chi connectivity index (χ1v) is 7.45. The lowest BCUT2D eigenvalue weighted by Crippen LogP contribution is -2.30. The van der Waals surface area contributed by atoms with E-state index in [0.717, 1.165) is 30.3 Å². The molecule has 1 aliphatic heterocycles. The van der Waals surface area contributed by atoms with Crippen LogP contribution in [-0.2, 0) is 6.42 Å². The average Bonchev–Trinajstić information content (AvgIpc) is 2.48. The minimum atomic E-state index is 0.821. The molecule has 1 fully saturated rings. The lowest BCUT2D eigenvalue weighted by atomic mass is 9.96. The third-order valence-electron chi connectivity index (χ3n) is 3.94. The number of benzene rings is 1. The average molecular weight is 262 g/mol. The van der Waals surface area contributed by atoms with Gasteiger partial charge in [0.1, 0.15) is 5.75 Å². The third kappa shape index (κ3) is 4.13. The summed E-state index contributed by atoms with van der Waals surface area (Å²) in [4.78, 5) is 0. The highest BCUT2D eigenvalue weighted by atomic mass is 16.5. The first-order chi connectivity index (χ1) is 9.33. The second-order valence-electron chi connectivity index (χ2n) is 5.32. The summed E-state index contributed by atoms with van der Waals surface area (Å²) in [7, 11) is 1.73. The van der Waals surface area contributed by atoms with Crippen molar-refractivity contribution in [2.45, 2.75) is 32.6 Å². The second-order valence-corrected chi connectivity index (χ2v) is 5.32. The molecule has 1 saturated heterocycles. The first kappa shape index (κ1) is 14.2. The molecule has 0 saturated carbocycles. The van der Waals surface area contributed by atoms with Gasteiger partial charge in [-0.15, -0.1) is 0 Å². The quantitative estimate of drug-likeness (QED) is 0.826. The molecule has 1 aromatic rings. The number of piperidine rings is 1. The van der Waals surface area contributed by atoms with Gasteiger partial charge in [-0.3, -0.25) is 0 Å². The van der Waals surface area contributed by atoms with E-state index in [0.29, 0.717) is 0 Å². The molecule has 0 radical (unpaired) electrons. The molecule has 2 rings (SSSR count). The van der Waals surface area contributed by atoms with Crippen LogP contribution >= 0.6 is 0 Å². The number of nitrogens with one attached hydrogen (secondary N) is 2. The largest absolute Gasteiger partial charge is 0.495 e. The fourth-order valence-corrected chi connectivity index (χ4v) is 2.69. The van der Waals surface area contributed by atoms with Gasteiger partial charge < -0.3 is 15.4 Å². The summed E-state index contributed by atoms with van der Waals surface area (Å²) < 4.78 is 5.41. The molecule has 1 heterocycles. The highest BCUT2D eigenvalue weighted by Gasteiger charge is 2.12. The Morgan fingerprint density at radius 2 is 2.32 bits per heavy atom. The lowest BCUT2D eigenvalue weighted by molar-refractivity contribution is 0.364. The van der Waals surface area contributed by atoms with Gasteiger partial charge in [0.25, 0.3) is 0 Å². The molecule has 1 aliphatic rings. The topological polar surface area (TPSA) is 33.3 Å². The summed E-state index contributed by atoms with van der Waals surface area (Å²) >= 11 is 0. The van der Waals surface area contributed by atoms with Gasteiger partial charge in [0.05, 0.1) is 12.8 Å². The van der Waals surface area contributed by atoms with Crippen LogP contribution in [0.5, 0.6) is 5.75 Å². The second kappa shape index (κ2) is 7.39. The van der Waals surface area contributed by atoms with E-state index in [1.807, 2.05) is 0 Å². The van der Waals surface area contributed by atoms with Crippen LogP contribution in [0.4, 0.5) is 5.69 Å². The maximum atomic E-state index is 5.41. The monoisotopic (exact) mass is 262 g/mol. The molecular weight excluding hydrogens is 236 g/mol. The third-order valence-corrected chi connectivity index (χ3v) is 3.94. The minimum Gasteiger partial charge on any atom is -0.495 e. The Kier molecular flexibility index (Phi) is 5.52. The molecular formula is C16H26N2O. The highest BCUT2D eigenvalue weighted by Crippen LogP contribution is 2.26. The summed E-state index contributed by atoms with van der Waals surface area (Å²) in [6.45, 7) is 5.57. The molecule has 1 aromatic carbocycles. The Hall–Kier alpha value is -1.22. The van der Waals surface area contributed by atoms with Crippen molar-refractivity contribution in [2.24, 2.45) is 5.92 Å². The number of rotatable bonds is 6. The first-order valence-electron chi connectivity index (χ1n) is 7.45. The van der Waals surface area contributed by atoms with Crippen molar-refractivity contribution in [3.05, 3.63) is 23.8 Å². The number of methoxy groups -OCH3 is 1. The van der Waals surface area contributed by atoms with Gasteiger partial charge in [-0.25, -0.2) is 0 Å². The van der Waals surface area contributed by atoms with Crippen LogP contribution in [0, 0.1) is 5.92 Å². The predicted molar refractivity (Wildman–Crippen MR) is 81.1 cm³/mol. The fraction of sp³-hybridized carbons (Fsp3) is 0.625. The van der Waals surface area contributed by atoms with Gasteiger partial charge in [0, 0.05) is 6.54 Å². The van der Waals surface area contributed by atoms with Crippen molar-refractivity contribution in [1.29, 1.82) is 0 Å². The maximum absolute atomic E-state index is 5.41. The zero-order valence-corrected chi connectivity index (χ0v) is 12.2. The Labute approximate surface area is 116 Å². The van der Waals surface area contributed by atoms with E-state index >= 15 is 0 Å². The summed E-state index contributed by atoms with van der Waals surface area (Å²) in [5.41, 5.74) is 2.48. The Morgan fingerprint density at radius 3 is 3.00 bits per heavy atom. The van der Waals surface area contributed by atoms with Gasteiger partial charge in [0.15, 0.2) is 0 Å². The molecule has 3 nitrogen and oxygen atoms in total. The predicted octanol–water partition coefficient (Wildman–Crippen LogP) is 3.06. The van der Waals surface area contributed by atoms with Crippen LogP contribution in [0.1, 0.15) is 31.7 Å². The number of anilines is 1. The summed E-state index contributed by atoms with van der Waals surface area (Å²) in [5, 5.41) is 7.01. The van der Waals surface area contributed by atoms with Gasteiger partial charge in [0.2, 0.25) is 0 Å². The molecule has 1 atom stereocenters. The maximum Gasteiger partial charge on any atom is 0.141 e. The van der Waals surface area contributed by atoms with Crippen LogP contribution < -0.4 is 15.4 Å².